The van der Waals surface area contributed by atoms with Gasteiger partial charge in [-0.05, 0) is 28.6 Å². The van der Waals surface area contributed by atoms with Gasteiger partial charge in [-0.1, -0.05) is 36.4 Å². The average Bonchev–Trinajstić information content (AvgIpc) is 2.58. The molecule has 0 bridgehead atoms. The number of hydrogen-bond acceptors (Lipinski definition) is 2. The Hall–Kier alpha value is -2.74. The Morgan fingerprint density at radius 3 is 2.81 bits per heavy atom. The molecule has 0 saturated heterocycles. The van der Waals surface area contributed by atoms with Gasteiger partial charge in [0, 0.05) is 37.8 Å². The van der Waals surface area contributed by atoms with Crippen LogP contribution in [0.15, 0.2) is 60.9 Å². The fourth-order valence-electron chi connectivity index (χ4n) is 3.09. The van der Waals surface area contributed by atoms with Crippen molar-refractivity contribution < 1.29 is 2.74 Å². The summed E-state index contributed by atoms with van der Waals surface area (Å²) in [4.78, 5) is 9.00. The van der Waals surface area contributed by atoms with Gasteiger partial charge in [0.05, 0.1) is 11.2 Å². The first kappa shape index (κ1) is 9.24. The van der Waals surface area contributed by atoms with Crippen molar-refractivity contribution in [1.82, 2.24) is 9.97 Å². The van der Waals surface area contributed by atoms with E-state index in [0.29, 0.717) is 11.1 Å². The van der Waals surface area contributed by atoms with Crippen LogP contribution in [0.4, 0.5) is 0 Å². The van der Waals surface area contributed by atoms with Crippen LogP contribution in [0, 0.1) is 0 Å². The molecule has 2 aromatic heterocycles. The van der Waals surface area contributed by atoms with E-state index in [1.165, 1.54) is 0 Å². The standard InChI is InChI=1S/C19H12N2/c1-2-7-17-12(4-1)8-14-9-15-11-20-10-13-5-3-6-16(18(13)15)19(14)21-17/h1-8,10-11H,9H2/i9D2. The van der Waals surface area contributed by atoms with E-state index in [1.807, 2.05) is 48.5 Å². The van der Waals surface area contributed by atoms with Gasteiger partial charge >= 0.3 is 0 Å². The lowest BCUT2D eigenvalue weighted by Crippen LogP contribution is -2.04. The monoisotopic (exact) mass is 270 g/mol. The molecule has 4 aromatic rings. The molecular weight excluding hydrogens is 256 g/mol. The predicted octanol–water partition coefficient (Wildman–Crippen LogP) is 4.35. The summed E-state index contributed by atoms with van der Waals surface area (Å²) in [6.07, 6.45) is 1.82. The minimum Gasteiger partial charge on any atom is -0.264 e. The van der Waals surface area contributed by atoms with Gasteiger partial charge in [-0.25, -0.2) is 4.98 Å². The van der Waals surface area contributed by atoms with E-state index in [9.17, 15) is 0 Å². The Kier molecular flexibility index (Phi) is 1.71. The van der Waals surface area contributed by atoms with Gasteiger partial charge in [0.15, 0.2) is 0 Å². The molecule has 0 saturated carbocycles. The highest BCUT2D eigenvalue weighted by molar-refractivity contribution is 6.01. The molecule has 1 aliphatic carbocycles. The third-order valence-corrected chi connectivity index (χ3v) is 4.03. The van der Waals surface area contributed by atoms with Crippen LogP contribution in [0.25, 0.3) is 32.9 Å². The van der Waals surface area contributed by atoms with Gasteiger partial charge < -0.3 is 0 Å². The first-order valence-corrected chi connectivity index (χ1v) is 6.94. The summed E-state index contributed by atoms with van der Waals surface area (Å²) in [7, 11) is 0. The smallest absolute Gasteiger partial charge is 0.0751 e. The second-order valence-corrected chi connectivity index (χ2v) is 5.29. The summed E-state index contributed by atoms with van der Waals surface area (Å²) in [6, 6.07) is 15.7. The molecule has 0 unspecified atom stereocenters. The maximum absolute atomic E-state index is 8.69. The molecule has 0 aliphatic heterocycles. The van der Waals surface area contributed by atoms with E-state index in [0.717, 1.165) is 32.9 Å². The number of aromatic nitrogens is 2. The van der Waals surface area contributed by atoms with Gasteiger partial charge in [0.25, 0.3) is 0 Å². The highest BCUT2D eigenvalue weighted by atomic mass is 14.7. The fraction of sp³-hybridized carbons (Fsp3) is 0.0526. The Balaban J connectivity index is 2.02. The zero-order chi connectivity index (χ0) is 15.6. The number of hydrogen-bond donors (Lipinski definition) is 0. The molecule has 5 rings (SSSR count). The molecule has 2 heterocycles. The van der Waals surface area contributed by atoms with Crippen LogP contribution in [0.2, 0.25) is 0 Å². The van der Waals surface area contributed by atoms with E-state index in [1.54, 1.807) is 12.4 Å². The van der Waals surface area contributed by atoms with Crippen LogP contribution in [0.1, 0.15) is 13.9 Å². The molecule has 2 heteroatoms. The molecule has 0 amide bonds. The number of nitrogens with zero attached hydrogens (tertiary/aromatic N) is 2. The number of rotatable bonds is 0. The van der Waals surface area contributed by atoms with Crippen molar-refractivity contribution in [2.75, 3.05) is 0 Å². The number of para-hydroxylation sites is 1. The fourth-order valence-corrected chi connectivity index (χ4v) is 3.09. The van der Waals surface area contributed by atoms with Crippen molar-refractivity contribution in [3.05, 3.63) is 72.1 Å². The van der Waals surface area contributed by atoms with Crippen LogP contribution in [-0.4, -0.2) is 9.97 Å². The minimum atomic E-state index is -1.60. The van der Waals surface area contributed by atoms with E-state index in [4.69, 9.17) is 7.73 Å². The summed E-state index contributed by atoms with van der Waals surface area (Å²) in [6.45, 7) is 0. The van der Waals surface area contributed by atoms with Crippen LogP contribution in [0.3, 0.4) is 0 Å². The molecule has 0 atom stereocenters. The van der Waals surface area contributed by atoms with E-state index < -0.39 is 6.37 Å². The van der Waals surface area contributed by atoms with E-state index in [2.05, 4.69) is 4.98 Å². The lowest BCUT2D eigenvalue weighted by atomic mass is 9.87. The Morgan fingerprint density at radius 2 is 1.81 bits per heavy atom. The average molecular weight is 270 g/mol. The van der Waals surface area contributed by atoms with Gasteiger partial charge in [-0.2, -0.15) is 0 Å². The first-order valence-electron chi connectivity index (χ1n) is 7.94. The zero-order valence-corrected chi connectivity index (χ0v) is 11.2. The highest BCUT2D eigenvalue weighted by Gasteiger charge is 2.20. The Bertz CT molecular complexity index is 1100. The summed E-state index contributed by atoms with van der Waals surface area (Å²) in [5.41, 5.74) is 3.84. The molecule has 0 fully saturated rings. The summed E-state index contributed by atoms with van der Waals surface area (Å²) in [5.74, 6) is 0. The van der Waals surface area contributed by atoms with Crippen molar-refractivity contribution in [3.8, 4) is 11.3 Å². The quantitative estimate of drug-likeness (QED) is 0.474. The third kappa shape index (κ3) is 1.47. The number of fused-ring (bicyclic) bond motifs is 3. The van der Waals surface area contributed by atoms with Gasteiger partial charge in [0.2, 0.25) is 0 Å². The second kappa shape index (κ2) is 3.89. The third-order valence-electron chi connectivity index (χ3n) is 4.03. The SMILES string of the molecule is [2H]C1([2H])c2cc3ccccc3nc2-c2cccc3cncc1c23. The minimum absolute atomic E-state index is 0.615. The van der Waals surface area contributed by atoms with Crippen molar-refractivity contribution in [2.45, 2.75) is 6.37 Å². The molecule has 98 valence electrons. The first-order chi connectivity index (χ1) is 11.2. The summed E-state index contributed by atoms with van der Waals surface area (Å²) >= 11 is 0. The second-order valence-electron chi connectivity index (χ2n) is 5.29. The zero-order valence-electron chi connectivity index (χ0n) is 13.2. The predicted molar refractivity (Wildman–Crippen MR) is 85.3 cm³/mol. The lowest BCUT2D eigenvalue weighted by molar-refractivity contribution is 1.14. The highest BCUT2D eigenvalue weighted by Crippen LogP contribution is 2.38. The molecule has 21 heavy (non-hydrogen) atoms. The van der Waals surface area contributed by atoms with Crippen molar-refractivity contribution in [2.24, 2.45) is 0 Å². The summed E-state index contributed by atoms with van der Waals surface area (Å²) in [5, 5.41) is 2.82. The maximum Gasteiger partial charge on any atom is 0.0751 e. The molecule has 0 N–H and O–H groups in total. The van der Waals surface area contributed by atoms with Crippen LogP contribution < -0.4 is 0 Å². The van der Waals surface area contributed by atoms with Crippen molar-refractivity contribution >= 4 is 21.7 Å². The molecule has 0 spiro atoms. The van der Waals surface area contributed by atoms with Crippen molar-refractivity contribution in [3.63, 3.8) is 0 Å². The number of pyridine rings is 2. The Labute approximate surface area is 124 Å². The van der Waals surface area contributed by atoms with Gasteiger partial charge in [0.1, 0.15) is 0 Å². The maximum atomic E-state index is 8.69. The van der Waals surface area contributed by atoms with E-state index in [-0.39, 0.29) is 0 Å². The number of benzene rings is 2. The largest absolute Gasteiger partial charge is 0.264 e. The Morgan fingerprint density at radius 1 is 0.905 bits per heavy atom. The van der Waals surface area contributed by atoms with Crippen LogP contribution in [-0.2, 0) is 6.37 Å². The topological polar surface area (TPSA) is 25.8 Å². The van der Waals surface area contributed by atoms with Gasteiger partial charge in [-0.15, -0.1) is 0 Å². The molecule has 0 radical (unpaired) electrons. The van der Waals surface area contributed by atoms with E-state index >= 15 is 0 Å². The van der Waals surface area contributed by atoms with Crippen LogP contribution >= 0.6 is 0 Å². The molecule has 2 nitrogen and oxygen atoms in total. The molecule has 2 aromatic carbocycles. The molecule has 1 aliphatic rings. The lowest BCUT2D eigenvalue weighted by Gasteiger charge is -2.20. The normalized spacial score (nSPS) is 16.4. The summed E-state index contributed by atoms with van der Waals surface area (Å²) < 4.78 is 17.4. The van der Waals surface area contributed by atoms with Crippen molar-refractivity contribution in [1.29, 1.82) is 0 Å². The molecular formula is C19H12N2. The van der Waals surface area contributed by atoms with Gasteiger partial charge in [-0.3, -0.25) is 4.98 Å². The van der Waals surface area contributed by atoms with Crippen LogP contribution in [0.5, 0.6) is 0 Å².